The largest absolute Gasteiger partial charge is 0.496 e. The number of rotatable bonds is 9. The first-order chi connectivity index (χ1) is 19.4. The molecule has 4 aromatic heterocycles. The Balaban J connectivity index is 1.24. The zero-order valence-electron chi connectivity index (χ0n) is 22.3. The van der Waals surface area contributed by atoms with Crippen LogP contribution in [-0.4, -0.2) is 46.4 Å². The van der Waals surface area contributed by atoms with Gasteiger partial charge in [-0.2, -0.15) is 0 Å². The number of carbonyl (C=O) groups is 1. The zero-order valence-corrected chi connectivity index (χ0v) is 24.0. The van der Waals surface area contributed by atoms with E-state index in [0.29, 0.717) is 45.3 Å². The molecule has 0 amide bonds. The first-order valence-corrected chi connectivity index (χ1v) is 14.2. The lowest BCUT2D eigenvalue weighted by molar-refractivity contribution is -0.140. The Morgan fingerprint density at radius 1 is 1.12 bits per heavy atom. The molecule has 12 heteroatoms. The van der Waals surface area contributed by atoms with Crippen LogP contribution in [0.2, 0.25) is 0 Å². The van der Waals surface area contributed by atoms with Gasteiger partial charge in [-0.1, -0.05) is 6.08 Å². The fourth-order valence-electron chi connectivity index (χ4n) is 4.38. The lowest BCUT2D eigenvalue weighted by Gasteiger charge is -2.12. The molecule has 6 rings (SSSR count). The summed E-state index contributed by atoms with van der Waals surface area (Å²) in [6, 6.07) is 5.58. The lowest BCUT2D eigenvalue weighted by Crippen LogP contribution is -2.05. The van der Waals surface area contributed by atoms with Gasteiger partial charge in [0.15, 0.2) is 5.76 Å². The number of ether oxygens (including phenoxy) is 4. The minimum absolute atomic E-state index is 0.277. The van der Waals surface area contributed by atoms with Crippen molar-refractivity contribution < 1.29 is 28.2 Å². The van der Waals surface area contributed by atoms with Crippen molar-refractivity contribution in [2.24, 2.45) is 0 Å². The molecule has 1 aliphatic rings. The van der Waals surface area contributed by atoms with E-state index in [0.717, 1.165) is 45.0 Å². The number of furan rings is 1. The van der Waals surface area contributed by atoms with Crippen LogP contribution in [0.3, 0.4) is 0 Å². The molecule has 1 aromatic carbocycles. The Morgan fingerprint density at radius 2 is 2.00 bits per heavy atom. The molecule has 0 fully saturated rings. The summed E-state index contributed by atoms with van der Waals surface area (Å²) in [6.45, 7) is 4.06. The molecule has 5 aromatic rings. The smallest absolute Gasteiger partial charge is 0.302 e. The molecule has 0 atom stereocenters. The Morgan fingerprint density at radius 3 is 2.77 bits per heavy atom. The van der Waals surface area contributed by atoms with E-state index in [1.807, 2.05) is 25.1 Å². The number of thiazole rings is 1. The number of nitrogens with zero attached hydrogens (tertiary/aromatic N) is 4. The van der Waals surface area contributed by atoms with Crippen LogP contribution >= 0.6 is 22.7 Å². The van der Waals surface area contributed by atoms with E-state index < -0.39 is 0 Å². The zero-order chi connectivity index (χ0) is 27.8. The maximum absolute atomic E-state index is 11.2. The third-order valence-electron chi connectivity index (χ3n) is 6.41. The fraction of sp³-hybridized carbons (Fsp3) is 0.286. The number of imidazole rings is 1. The molecule has 0 unspecified atom stereocenters. The predicted octanol–water partition coefficient (Wildman–Crippen LogP) is 6.23. The van der Waals surface area contributed by atoms with Crippen LogP contribution in [-0.2, 0) is 16.1 Å². The van der Waals surface area contributed by atoms with E-state index in [9.17, 15) is 4.79 Å². The van der Waals surface area contributed by atoms with E-state index >= 15 is 0 Å². The number of hydrogen-bond acceptors (Lipinski definition) is 11. The Kier molecular flexibility index (Phi) is 7.03. The molecule has 40 heavy (non-hydrogen) atoms. The molecule has 0 aliphatic heterocycles. The number of benzene rings is 1. The number of carbonyl (C=O) groups excluding carboxylic acids is 1. The van der Waals surface area contributed by atoms with Crippen molar-refractivity contribution in [2.75, 3.05) is 20.8 Å². The number of aromatic nitrogens is 4. The van der Waals surface area contributed by atoms with Crippen LogP contribution in [0, 0.1) is 6.92 Å². The standard InChI is InChI=1S/C28H26N4O6S2/c1-15-22(29-26(39-15)18-7-5-6-17(8-18)13-36-16(2)33)14-37-23-9-19(34-3)10-24-20(23)11-25(38-24)21-12-32-27(30-21)40-28(31-32)35-4/h7-12H,5-6,13-14H2,1-4H3. The third kappa shape index (κ3) is 5.19. The van der Waals surface area contributed by atoms with Crippen LogP contribution in [0.15, 0.2) is 46.5 Å². The lowest BCUT2D eigenvalue weighted by atomic mass is 10.0. The number of hydrogen-bond donors (Lipinski definition) is 0. The summed E-state index contributed by atoms with van der Waals surface area (Å²) in [5, 5.41) is 6.60. The van der Waals surface area contributed by atoms with Gasteiger partial charge in [0.2, 0.25) is 4.96 Å². The van der Waals surface area contributed by atoms with E-state index in [4.69, 9.17) is 28.3 Å². The van der Waals surface area contributed by atoms with Gasteiger partial charge in [-0.15, -0.1) is 16.4 Å². The molecule has 10 nitrogen and oxygen atoms in total. The second kappa shape index (κ2) is 10.8. The van der Waals surface area contributed by atoms with Gasteiger partial charge in [0.05, 0.1) is 31.5 Å². The van der Waals surface area contributed by atoms with E-state index in [-0.39, 0.29) is 12.6 Å². The molecule has 206 valence electrons. The number of fused-ring (bicyclic) bond motifs is 2. The summed E-state index contributed by atoms with van der Waals surface area (Å²) < 4.78 is 30.0. The highest BCUT2D eigenvalue weighted by Crippen LogP contribution is 2.38. The SMILES string of the molecule is COc1cc(OCc2nc(C3=CCCC(COC(C)=O)=C3)sc2C)c2cc(-c3cn4nc(OC)sc4n3)oc2c1. The molecule has 0 N–H and O–H groups in total. The van der Waals surface area contributed by atoms with Crippen LogP contribution in [0.4, 0.5) is 0 Å². The summed E-state index contributed by atoms with van der Waals surface area (Å²) >= 11 is 2.97. The highest BCUT2D eigenvalue weighted by Gasteiger charge is 2.19. The first-order valence-electron chi connectivity index (χ1n) is 12.5. The second-order valence-electron chi connectivity index (χ2n) is 9.16. The number of esters is 1. The summed E-state index contributed by atoms with van der Waals surface area (Å²) in [5.74, 6) is 1.56. The molecule has 0 radical (unpaired) electrons. The fourth-order valence-corrected chi connectivity index (χ4v) is 6.01. The monoisotopic (exact) mass is 578 g/mol. The van der Waals surface area contributed by atoms with Crippen molar-refractivity contribution in [1.29, 1.82) is 0 Å². The molecular formula is C28H26N4O6S2. The molecule has 0 bridgehead atoms. The topological polar surface area (TPSA) is 110 Å². The van der Waals surface area contributed by atoms with Crippen molar-refractivity contribution in [3.05, 3.63) is 57.7 Å². The van der Waals surface area contributed by atoms with Crippen molar-refractivity contribution in [3.8, 4) is 28.1 Å². The highest BCUT2D eigenvalue weighted by molar-refractivity contribution is 7.18. The van der Waals surface area contributed by atoms with Crippen LogP contribution in [0.25, 0.3) is 33.0 Å². The second-order valence-corrected chi connectivity index (χ2v) is 11.3. The Bertz CT molecular complexity index is 1760. The minimum Gasteiger partial charge on any atom is -0.496 e. The van der Waals surface area contributed by atoms with Gasteiger partial charge >= 0.3 is 5.97 Å². The average molecular weight is 579 g/mol. The van der Waals surface area contributed by atoms with Gasteiger partial charge in [0.25, 0.3) is 5.19 Å². The number of aryl methyl sites for hydroxylation is 1. The summed E-state index contributed by atoms with van der Waals surface area (Å²) in [4.78, 5) is 22.5. The van der Waals surface area contributed by atoms with Gasteiger partial charge in [0.1, 0.15) is 41.0 Å². The predicted molar refractivity (Wildman–Crippen MR) is 152 cm³/mol. The van der Waals surface area contributed by atoms with Gasteiger partial charge in [-0.05, 0) is 48.8 Å². The van der Waals surface area contributed by atoms with Crippen LogP contribution in [0.5, 0.6) is 16.7 Å². The van der Waals surface area contributed by atoms with Crippen molar-refractivity contribution in [3.63, 3.8) is 0 Å². The number of methoxy groups -OCH3 is 2. The molecular weight excluding hydrogens is 552 g/mol. The maximum atomic E-state index is 11.2. The highest BCUT2D eigenvalue weighted by atomic mass is 32.1. The van der Waals surface area contributed by atoms with Crippen molar-refractivity contribution in [2.45, 2.75) is 33.3 Å². The minimum atomic E-state index is -0.277. The summed E-state index contributed by atoms with van der Waals surface area (Å²) in [6.07, 6.45) is 7.80. The molecule has 0 spiro atoms. The molecule has 0 saturated carbocycles. The van der Waals surface area contributed by atoms with Gasteiger partial charge in [-0.3, -0.25) is 4.79 Å². The molecule has 4 heterocycles. The van der Waals surface area contributed by atoms with Gasteiger partial charge in [0, 0.05) is 29.5 Å². The Labute approximate surface area is 237 Å². The normalized spacial score (nSPS) is 13.4. The van der Waals surface area contributed by atoms with Gasteiger partial charge < -0.3 is 23.4 Å². The van der Waals surface area contributed by atoms with E-state index in [1.54, 1.807) is 36.3 Å². The average Bonchev–Trinajstić information content (AvgIpc) is 3.72. The van der Waals surface area contributed by atoms with Crippen LogP contribution < -0.4 is 14.2 Å². The van der Waals surface area contributed by atoms with Crippen LogP contribution in [0.1, 0.15) is 35.3 Å². The third-order valence-corrected chi connectivity index (χ3v) is 8.36. The first kappa shape index (κ1) is 26.1. The number of allylic oxidation sites excluding steroid dienone is 3. The van der Waals surface area contributed by atoms with E-state index in [2.05, 4.69) is 22.2 Å². The van der Waals surface area contributed by atoms with Gasteiger partial charge in [-0.25, -0.2) is 14.5 Å². The molecule has 0 saturated heterocycles. The maximum Gasteiger partial charge on any atom is 0.302 e. The summed E-state index contributed by atoms with van der Waals surface area (Å²) in [7, 11) is 3.19. The Hall–Kier alpha value is -4.16. The summed E-state index contributed by atoms with van der Waals surface area (Å²) in [5.41, 5.74) is 4.27. The molecule has 1 aliphatic carbocycles. The quantitative estimate of drug-likeness (QED) is 0.188. The van der Waals surface area contributed by atoms with Crippen molar-refractivity contribution >= 4 is 50.1 Å². The van der Waals surface area contributed by atoms with Crippen molar-refractivity contribution in [1.82, 2.24) is 19.6 Å². The van der Waals surface area contributed by atoms with E-state index in [1.165, 1.54) is 18.3 Å².